The van der Waals surface area contributed by atoms with E-state index in [4.69, 9.17) is 9.47 Å². The highest BCUT2D eigenvalue weighted by Crippen LogP contribution is 2.43. The summed E-state index contributed by atoms with van der Waals surface area (Å²) in [4.78, 5) is 2.82. The zero-order valence-corrected chi connectivity index (χ0v) is 15.6. The van der Waals surface area contributed by atoms with Gasteiger partial charge in [-0.1, -0.05) is 38.8 Å². The normalized spacial score (nSPS) is 12.2. The average Bonchev–Trinajstić information content (AvgIpc) is 2.95. The van der Waals surface area contributed by atoms with Crippen molar-refractivity contribution in [3.63, 3.8) is 0 Å². The first-order valence-electron chi connectivity index (χ1n) is 6.24. The largest absolute Gasteiger partial charge is 0.493 e. The van der Waals surface area contributed by atoms with Crippen molar-refractivity contribution in [3.05, 3.63) is 44.1 Å². The number of thiophene rings is 1. The molecule has 1 aromatic carbocycles. The molecule has 1 atom stereocenters. The Bertz CT molecular complexity index is 596. The van der Waals surface area contributed by atoms with Gasteiger partial charge in [0.2, 0.25) is 0 Å². The fourth-order valence-corrected chi connectivity index (χ4v) is 4.56. The Hall–Kier alpha value is -0.520. The van der Waals surface area contributed by atoms with Crippen LogP contribution < -0.4 is 9.47 Å². The van der Waals surface area contributed by atoms with Crippen LogP contribution in [0.25, 0.3) is 0 Å². The van der Waals surface area contributed by atoms with Crippen LogP contribution in [0.3, 0.4) is 0 Å². The predicted molar refractivity (Wildman–Crippen MR) is 91.7 cm³/mol. The molecule has 0 bridgehead atoms. The second-order valence-corrected chi connectivity index (χ2v) is 7.22. The van der Waals surface area contributed by atoms with E-state index < -0.39 is 0 Å². The van der Waals surface area contributed by atoms with E-state index in [9.17, 15) is 0 Å². The van der Waals surface area contributed by atoms with Crippen LogP contribution in [0.2, 0.25) is 0 Å². The summed E-state index contributed by atoms with van der Waals surface area (Å²) in [6, 6.07) is 8.30. The molecule has 0 aliphatic heterocycles. The van der Waals surface area contributed by atoms with Gasteiger partial charge in [0.25, 0.3) is 0 Å². The number of hydrogen-bond donors (Lipinski definition) is 0. The number of halogens is 2. The van der Waals surface area contributed by atoms with Gasteiger partial charge in [-0.3, -0.25) is 0 Å². The highest BCUT2D eigenvalue weighted by atomic mass is 79.9. The first-order chi connectivity index (χ1) is 9.60. The monoisotopic (exact) mass is 418 g/mol. The molecule has 1 unspecified atom stereocenters. The van der Waals surface area contributed by atoms with Crippen LogP contribution in [0.1, 0.15) is 27.1 Å². The number of hydrogen-bond acceptors (Lipinski definition) is 3. The maximum atomic E-state index is 5.38. The number of benzene rings is 1. The molecule has 20 heavy (non-hydrogen) atoms. The molecule has 0 N–H and O–H groups in total. The molecule has 0 spiro atoms. The Kier molecular flexibility index (Phi) is 5.52. The van der Waals surface area contributed by atoms with Gasteiger partial charge >= 0.3 is 0 Å². The van der Waals surface area contributed by atoms with Gasteiger partial charge in [-0.2, -0.15) is 0 Å². The lowest BCUT2D eigenvalue weighted by Gasteiger charge is -2.15. The number of ether oxygens (including phenoxy) is 2. The summed E-state index contributed by atoms with van der Waals surface area (Å²) in [5.41, 5.74) is 1.13. The second kappa shape index (κ2) is 6.96. The van der Waals surface area contributed by atoms with Crippen LogP contribution in [0.4, 0.5) is 0 Å². The van der Waals surface area contributed by atoms with Crippen molar-refractivity contribution < 1.29 is 9.47 Å². The molecule has 1 aromatic heterocycles. The zero-order chi connectivity index (χ0) is 14.7. The predicted octanol–water partition coefficient (Wildman–Crippen LogP) is 5.57. The minimum Gasteiger partial charge on any atom is -0.493 e. The topological polar surface area (TPSA) is 18.5 Å². The van der Waals surface area contributed by atoms with Crippen LogP contribution in [-0.4, -0.2) is 14.2 Å². The van der Waals surface area contributed by atoms with Crippen LogP contribution in [0, 0.1) is 0 Å². The van der Waals surface area contributed by atoms with Crippen molar-refractivity contribution in [3.8, 4) is 11.5 Å². The molecule has 0 saturated carbocycles. The molecule has 2 nitrogen and oxygen atoms in total. The Morgan fingerprint density at radius 2 is 1.80 bits per heavy atom. The molecule has 0 aliphatic rings. The van der Waals surface area contributed by atoms with Gasteiger partial charge in [-0.05, 0) is 36.2 Å². The number of methoxy groups -OCH3 is 2. The smallest absolute Gasteiger partial charge is 0.161 e. The maximum Gasteiger partial charge on any atom is 0.161 e. The SMILES string of the molecule is CCc1ccc(C(Br)c2cc(OC)c(OC)cc2Br)s1. The van der Waals surface area contributed by atoms with Crippen molar-refractivity contribution in [1.82, 2.24) is 0 Å². The molecular weight excluding hydrogens is 404 g/mol. The molecule has 0 amide bonds. The molecule has 108 valence electrons. The Balaban J connectivity index is 2.40. The summed E-state index contributed by atoms with van der Waals surface area (Å²) in [6.45, 7) is 2.17. The quantitative estimate of drug-likeness (QED) is 0.589. The molecule has 2 rings (SSSR count). The van der Waals surface area contributed by atoms with Crippen molar-refractivity contribution in [2.75, 3.05) is 14.2 Å². The minimum absolute atomic E-state index is 0.141. The summed E-state index contributed by atoms with van der Waals surface area (Å²) in [7, 11) is 3.29. The van der Waals surface area contributed by atoms with Crippen LogP contribution >= 0.6 is 43.2 Å². The molecule has 1 heterocycles. The van der Waals surface area contributed by atoms with Gasteiger partial charge in [0, 0.05) is 14.2 Å². The first kappa shape index (κ1) is 15.9. The summed E-state index contributed by atoms with van der Waals surface area (Å²) in [5, 5.41) is 0. The maximum absolute atomic E-state index is 5.38. The highest BCUT2D eigenvalue weighted by Gasteiger charge is 2.19. The Labute approximate surface area is 140 Å². The minimum atomic E-state index is 0.141. The van der Waals surface area contributed by atoms with Crippen LogP contribution in [0.15, 0.2) is 28.7 Å². The fraction of sp³-hybridized carbons (Fsp3) is 0.333. The molecule has 0 radical (unpaired) electrons. The molecule has 0 saturated heterocycles. The van der Waals surface area contributed by atoms with Crippen molar-refractivity contribution in [1.29, 1.82) is 0 Å². The molecular formula is C15H16Br2O2S. The van der Waals surface area contributed by atoms with E-state index in [1.807, 2.05) is 23.5 Å². The zero-order valence-electron chi connectivity index (χ0n) is 11.6. The lowest BCUT2D eigenvalue weighted by Crippen LogP contribution is -1.96. The van der Waals surface area contributed by atoms with Gasteiger partial charge in [-0.15, -0.1) is 11.3 Å². The van der Waals surface area contributed by atoms with Crippen molar-refractivity contribution >= 4 is 43.2 Å². The van der Waals surface area contributed by atoms with Gasteiger partial charge < -0.3 is 9.47 Å². The molecule has 2 aromatic rings. The third kappa shape index (κ3) is 3.21. The van der Waals surface area contributed by atoms with Crippen LogP contribution in [0.5, 0.6) is 11.5 Å². The summed E-state index contributed by atoms with van der Waals surface area (Å²) in [5.74, 6) is 1.46. The van der Waals surface area contributed by atoms with Crippen molar-refractivity contribution in [2.24, 2.45) is 0 Å². The van der Waals surface area contributed by atoms with Gasteiger partial charge in [-0.25, -0.2) is 0 Å². The standard InChI is InChI=1S/C15H16Br2O2S/c1-4-9-5-6-14(20-9)15(17)10-7-12(18-2)13(19-3)8-11(10)16/h5-8,15H,4H2,1-3H3. The number of rotatable bonds is 5. The van der Waals surface area contributed by atoms with Gasteiger partial charge in [0.1, 0.15) is 0 Å². The fourth-order valence-electron chi connectivity index (χ4n) is 1.94. The van der Waals surface area contributed by atoms with E-state index in [1.165, 1.54) is 9.75 Å². The van der Waals surface area contributed by atoms with E-state index in [2.05, 4.69) is 50.9 Å². The summed E-state index contributed by atoms with van der Waals surface area (Å²) >= 11 is 9.22. The lowest BCUT2D eigenvalue weighted by molar-refractivity contribution is 0.354. The van der Waals surface area contributed by atoms with E-state index in [1.54, 1.807) is 14.2 Å². The number of alkyl halides is 1. The van der Waals surface area contributed by atoms with E-state index >= 15 is 0 Å². The Morgan fingerprint density at radius 1 is 1.15 bits per heavy atom. The average molecular weight is 420 g/mol. The van der Waals surface area contributed by atoms with E-state index in [0.717, 1.165) is 28.0 Å². The lowest BCUT2D eigenvalue weighted by atomic mass is 10.1. The van der Waals surface area contributed by atoms with Crippen molar-refractivity contribution in [2.45, 2.75) is 18.2 Å². The number of aryl methyl sites for hydroxylation is 1. The first-order valence-corrected chi connectivity index (χ1v) is 8.77. The molecule has 0 fully saturated rings. The molecule has 0 aliphatic carbocycles. The summed E-state index contributed by atoms with van der Waals surface area (Å²) < 4.78 is 11.7. The van der Waals surface area contributed by atoms with Gasteiger partial charge in [0.05, 0.1) is 19.0 Å². The second-order valence-electron chi connectivity index (χ2n) is 4.25. The summed E-state index contributed by atoms with van der Waals surface area (Å²) in [6.07, 6.45) is 1.07. The molecule has 5 heteroatoms. The van der Waals surface area contributed by atoms with Gasteiger partial charge in [0.15, 0.2) is 11.5 Å². The van der Waals surface area contributed by atoms with Crippen LogP contribution in [-0.2, 0) is 6.42 Å². The van der Waals surface area contributed by atoms with E-state index in [-0.39, 0.29) is 4.83 Å². The third-order valence-corrected chi connectivity index (χ3v) is 6.33. The third-order valence-electron chi connectivity index (χ3n) is 3.06. The Morgan fingerprint density at radius 3 is 2.35 bits per heavy atom. The van der Waals surface area contributed by atoms with E-state index in [0.29, 0.717) is 0 Å². The highest BCUT2D eigenvalue weighted by molar-refractivity contribution is 9.11.